The van der Waals surface area contributed by atoms with Gasteiger partial charge < -0.3 is 10.6 Å². The third-order valence-corrected chi connectivity index (χ3v) is 3.28. The van der Waals surface area contributed by atoms with Gasteiger partial charge in [-0.3, -0.25) is 0 Å². The van der Waals surface area contributed by atoms with Gasteiger partial charge in [0.1, 0.15) is 0 Å². The van der Waals surface area contributed by atoms with E-state index >= 15 is 0 Å². The van der Waals surface area contributed by atoms with Gasteiger partial charge in [-0.2, -0.15) is 0 Å². The summed E-state index contributed by atoms with van der Waals surface area (Å²) in [6, 6.07) is 10.7. The summed E-state index contributed by atoms with van der Waals surface area (Å²) >= 11 is 0. The van der Waals surface area contributed by atoms with Gasteiger partial charge in [-0.1, -0.05) is 58.0 Å². The van der Waals surface area contributed by atoms with Crippen molar-refractivity contribution in [2.75, 3.05) is 26.2 Å². The van der Waals surface area contributed by atoms with Crippen LogP contribution in [0.2, 0.25) is 0 Å². The fourth-order valence-corrected chi connectivity index (χ4v) is 2.61. The molecule has 0 aromatic heterocycles. The fourth-order valence-electron chi connectivity index (χ4n) is 2.61. The van der Waals surface area contributed by atoms with Crippen LogP contribution < -0.4 is 5.73 Å². The summed E-state index contributed by atoms with van der Waals surface area (Å²) < 4.78 is 0. The van der Waals surface area contributed by atoms with Crippen LogP contribution in [0.1, 0.15) is 39.2 Å². The van der Waals surface area contributed by atoms with Crippen LogP contribution in [0.5, 0.6) is 0 Å². The van der Waals surface area contributed by atoms with Crippen molar-refractivity contribution in [3.63, 3.8) is 0 Å². The molecule has 19 heavy (non-hydrogen) atoms. The standard InChI is InChI=1S/C17H30N2/c1-14(2)11-19(12-15(3)4)13-17(10-18)16-8-6-5-7-9-16/h5-9,14-15,17H,10-13,18H2,1-4H3. The van der Waals surface area contributed by atoms with Crippen LogP contribution >= 0.6 is 0 Å². The van der Waals surface area contributed by atoms with E-state index in [2.05, 4.69) is 62.9 Å². The van der Waals surface area contributed by atoms with E-state index in [4.69, 9.17) is 5.73 Å². The average molecular weight is 262 g/mol. The van der Waals surface area contributed by atoms with Gasteiger partial charge in [-0.25, -0.2) is 0 Å². The Kier molecular flexibility index (Phi) is 7.11. The van der Waals surface area contributed by atoms with E-state index < -0.39 is 0 Å². The molecule has 2 N–H and O–H groups in total. The molecule has 2 nitrogen and oxygen atoms in total. The number of rotatable bonds is 8. The molecule has 0 spiro atoms. The Morgan fingerprint density at radius 1 is 0.895 bits per heavy atom. The maximum Gasteiger partial charge on any atom is 0.00888 e. The molecule has 0 bridgehead atoms. The molecule has 0 saturated heterocycles. The summed E-state index contributed by atoms with van der Waals surface area (Å²) in [6.07, 6.45) is 0. The molecule has 2 heteroatoms. The minimum atomic E-state index is 0.443. The van der Waals surface area contributed by atoms with Gasteiger partial charge in [0, 0.05) is 32.1 Å². The van der Waals surface area contributed by atoms with Gasteiger partial charge in [0.25, 0.3) is 0 Å². The lowest BCUT2D eigenvalue weighted by Crippen LogP contribution is -2.36. The molecule has 0 aliphatic heterocycles. The second kappa shape index (κ2) is 8.34. The smallest absolute Gasteiger partial charge is 0.00888 e. The van der Waals surface area contributed by atoms with Crippen LogP contribution in [0.4, 0.5) is 0 Å². The molecule has 1 aromatic carbocycles. The molecule has 1 unspecified atom stereocenters. The second-order valence-electron chi connectivity index (χ2n) is 6.35. The van der Waals surface area contributed by atoms with Crippen molar-refractivity contribution in [2.45, 2.75) is 33.6 Å². The average Bonchev–Trinajstić information content (AvgIpc) is 2.35. The lowest BCUT2D eigenvalue weighted by molar-refractivity contribution is 0.207. The van der Waals surface area contributed by atoms with Crippen LogP contribution in [0.25, 0.3) is 0 Å². The van der Waals surface area contributed by atoms with Gasteiger partial charge in [0.05, 0.1) is 0 Å². The van der Waals surface area contributed by atoms with E-state index in [1.807, 2.05) is 0 Å². The molecule has 0 fully saturated rings. The van der Waals surface area contributed by atoms with E-state index in [-0.39, 0.29) is 0 Å². The molecule has 0 saturated carbocycles. The van der Waals surface area contributed by atoms with E-state index in [1.54, 1.807) is 0 Å². The largest absolute Gasteiger partial charge is 0.330 e. The first kappa shape index (κ1) is 16.2. The third kappa shape index (κ3) is 6.22. The molecule has 1 aromatic rings. The van der Waals surface area contributed by atoms with Gasteiger partial charge in [0.2, 0.25) is 0 Å². The van der Waals surface area contributed by atoms with Crippen LogP contribution in [0.3, 0.4) is 0 Å². The van der Waals surface area contributed by atoms with E-state index in [1.165, 1.54) is 5.56 Å². The van der Waals surface area contributed by atoms with Crippen molar-refractivity contribution in [3.05, 3.63) is 35.9 Å². The maximum atomic E-state index is 5.99. The summed E-state index contributed by atoms with van der Waals surface area (Å²) in [5, 5.41) is 0. The highest BCUT2D eigenvalue weighted by Crippen LogP contribution is 2.17. The van der Waals surface area contributed by atoms with Gasteiger partial charge in [-0.05, 0) is 17.4 Å². The van der Waals surface area contributed by atoms with Crippen molar-refractivity contribution in [3.8, 4) is 0 Å². The highest BCUT2D eigenvalue weighted by molar-refractivity contribution is 5.20. The zero-order chi connectivity index (χ0) is 14.3. The predicted molar refractivity (Wildman–Crippen MR) is 84.4 cm³/mol. The number of benzene rings is 1. The lowest BCUT2D eigenvalue weighted by Gasteiger charge is -2.30. The predicted octanol–water partition coefficient (Wildman–Crippen LogP) is 3.34. The molecule has 0 radical (unpaired) electrons. The quantitative estimate of drug-likeness (QED) is 0.778. The van der Waals surface area contributed by atoms with E-state index in [9.17, 15) is 0 Å². The summed E-state index contributed by atoms with van der Waals surface area (Å²) in [5.41, 5.74) is 7.35. The molecular weight excluding hydrogens is 232 g/mol. The van der Waals surface area contributed by atoms with Crippen molar-refractivity contribution >= 4 is 0 Å². The topological polar surface area (TPSA) is 29.3 Å². The van der Waals surface area contributed by atoms with Crippen LogP contribution in [0.15, 0.2) is 30.3 Å². The molecular formula is C17H30N2. The third-order valence-electron chi connectivity index (χ3n) is 3.28. The Morgan fingerprint density at radius 3 is 1.84 bits per heavy atom. The lowest BCUT2D eigenvalue weighted by atomic mass is 9.97. The Labute approximate surface area is 119 Å². The monoisotopic (exact) mass is 262 g/mol. The maximum absolute atomic E-state index is 5.99. The molecule has 0 amide bonds. The van der Waals surface area contributed by atoms with Crippen molar-refractivity contribution in [1.82, 2.24) is 4.90 Å². The minimum Gasteiger partial charge on any atom is -0.330 e. The van der Waals surface area contributed by atoms with Crippen molar-refractivity contribution in [2.24, 2.45) is 17.6 Å². The summed E-state index contributed by atoms with van der Waals surface area (Å²) in [5.74, 6) is 1.85. The molecule has 108 valence electrons. The highest BCUT2D eigenvalue weighted by atomic mass is 15.1. The number of hydrogen-bond donors (Lipinski definition) is 1. The zero-order valence-corrected chi connectivity index (χ0v) is 13.0. The van der Waals surface area contributed by atoms with Crippen LogP contribution in [0, 0.1) is 11.8 Å². The first-order valence-corrected chi connectivity index (χ1v) is 7.50. The normalized spacial score (nSPS) is 13.5. The summed E-state index contributed by atoms with van der Waals surface area (Å²) in [7, 11) is 0. The molecule has 1 atom stereocenters. The highest BCUT2D eigenvalue weighted by Gasteiger charge is 2.16. The molecule has 1 rings (SSSR count). The zero-order valence-electron chi connectivity index (χ0n) is 13.0. The number of nitrogens with two attached hydrogens (primary N) is 1. The van der Waals surface area contributed by atoms with Crippen LogP contribution in [-0.4, -0.2) is 31.1 Å². The summed E-state index contributed by atoms with van der Waals surface area (Å²) in [6.45, 7) is 13.2. The Morgan fingerprint density at radius 2 is 1.42 bits per heavy atom. The first-order valence-electron chi connectivity index (χ1n) is 7.50. The molecule has 0 heterocycles. The second-order valence-corrected chi connectivity index (χ2v) is 6.35. The van der Waals surface area contributed by atoms with Crippen molar-refractivity contribution in [1.29, 1.82) is 0 Å². The Bertz CT molecular complexity index is 322. The Hall–Kier alpha value is -0.860. The SMILES string of the molecule is CC(C)CN(CC(C)C)CC(CN)c1ccccc1. The van der Waals surface area contributed by atoms with Crippen molar-refractivity contribution < 1.29 is 0 Å². The fraction of sp³-hybridized carbons (Fsp3) is 0.647. The minimum absolute atomic E-state index is 0.443. The van der Waals surface area contributed by atoms with Crippen LogP contribution in [-0.2, 0) is 0 Å². The van der Waals surface area contributed by atoms with Gasteiger partial charge in [0.15, 0.2) is 0 Å². The van der Waals surface area contributed by atoms with Gasteiger partial charge in [-0.15, -0.1) is 0 Å². The number of nitrogens with zero attached hydrogens (tertiary/aromatic N) is 1. The summed E-state index contributed by atoms with van der Waals surface area (Å²) in [4.78, 5) is 2.57. The number of hydrogen-bond acceptors (Lipinski definition) is 2. The van der Waals surface area contributed by atoms with Gasteiger partial charge >= 0.3 is 0 Å². The van der Waals surface area contributed by atoms with E-state index in [0.29, 0.717) is 17.8 Å². The first-order chi connectivity index (χ1) is 9.02. The van der Waals surface area contributed by atoms with E-state index in [0.717, 1.165) is 26.2 Å². The molecule has 0 aliphatic rings. The Balaban J connectivity index is 2.69. The molecule has 0 aliphatic carbocycles.